The second-order valence-electron chi connectivity index (χ2n) is 6.50. The first kappa shape index (κ1) is 21.3. The average molecular weight is 477 g/mol. The first-order valence-electron chi connectivity index (χ1n) is 9.17. The molecule has 1 heterocycles. The predicted octanol–water partition coefficient (Wildman–Crippen LogP) is 4.56. The Kier molecular flexibility index (Phi) is 6.87. The number of rotatable bonds is 6. The lowest BCUT2D eigenvalue weighted by Gasteiger charge is -2.09. The number of esters is 1. The summed E-state index contributed by atoms with van der Waals surface area (Å²) >= 11 is 4.80. The van der Waals surface area contributed by atoms with Gasteiger partial charge < -0.3 is 14.0 Å². The summed E-state index contributed by atoms with van der Waals surface area (Å²) in [6.07, 6.45) is 0.0564. The number of carbonyl (C=O) groups is 2. The van der Waals surface area contributed by atoms with Crippen molar-refractivity contribution in [3.8, 4) is 5.75 Å². The highest BCUT2D eigenvalue weighted by molar-refractivity contribution is 9.10. The molecule has 3 rings (SSSR count). The summed E-state index contributed by atoms with van der Waals surface area (Å²) < 4.78 is 14.2. The van der Waals surface area contributed by atoms with Gasteiger partial charge >= 0.3 is 5.97 Å². The molecule has 0 aliphatic heterocycles. The Hall–Kier alpha value is -2.45. The summed E-state index contributed by atoms with van der Waals surface area (Å²) in [5.74, 6) is -0.0656. The van der Waals surface area contributed by atoms with Crippen LogP contribution in [-0.2, 0) is 16.1 Å². The fourth-order valence-corrected chi connectivity index (χ4v) is 4.30. The molecule has 1 aromatic heterocycles. The molecular formula is C21H21BrN2O4S. The Morgan fingerprint density at radius 1 is 1.17 bits per heavy atom. The highest BCUT2D eigenvalue weighted by Crippen LogP contribution is 2.22. The van der Waals surface area contributed by atoms with E-state index in [9.17, 15) is 9.59 Å². The van der Waals surface area contributed by atoms with Crippen LogP contribution in [-0.4, -0.2) is 29.2 Å². The first-order valence-corrected chi connectivity index (χ1v) is 10.8. The summed E-state index contributed by atoms with van der Waals surface area (Å²) in [5, 5.41) is 0. The van der Waals surface area contributed by atoms with Gasteiger partial charge in [-0.3, -0.25) is 9.59 Å². The molecule has 0 spiro atoms. The van der Waals surface area contributed by atoms with E-state index in [4.69, 9.17) is 9.47 Å². The third-order valence-electron chi connectivity index (χ3n) is 3.91. The quantitative estimate of drug-likeness (QED) is 0.489. The Balaban J connectivity index is 1.99. The van der Waals surface area contributed by atoms with Crippen LogP contribution in [0.4, 0.5) is 0 Å². The summed E-state index contributed by atoms with van der Waals surface area (Å²) in [6, 6.07) is 12.6. The van der Waals surface area contributed by atoms with Gasteiger partial charge in [-0.2, -0.15) is 4.99 Å². The number of nitrogens with zero attached hydrogens (tertiary/aromatic N) is 2. The van der Waals surface area contributed by atoms with Gasteiger partial charge in [0.2, 0.25) is 0 Å². The molecule has 1 amide bonds. The van der Waals surface area contributed by atoms with Crippen molar-refractivity contribution in [3.63, 3.8) is 0 Å². The van der Waals surface area contributed by atoms with Crippen molar-refractivity contribution < 1.29 is 19.1 Å². The van der Waals surface area contributed by atoms with Crippen molar-refractivity contribution in [1.82, 2.24) is 4.57 Å². The number of aromatic nitrogens is 1. The maximum atomic E-state index is 12.7. The van der Waals surface area contributed by atoms with Gasteiger partial charge in [-0.1, -0.05) is 27.3 Å². The number of ether oxygens (including phenoxy) is 2. The summed E-state index contributed by atoms with van der Waals surface area (Å²) in [5.41, 5.74) is 1.26. The smallest absolute Gasteiger partial charge is 0.326 e. The van der Waals surface area contributed by atoms with Crippen LogP contribution in [0.3, 0.4) is 0 Å². The third-order valence-corrected chi connectivity index (χ3v) is 5.44. The van der Waals surface area contributed by atoms with Crippen LogP contribution in [0.15, 0.2) is 51.9 Å². The minimum Gasteiger partial charge on any atom is -0.491 e. The van der Waals surface area contributed by atoms with E-state index >= 15 is 0 Å². The van der Waals surface area contributed by atoms with E-state index in [1.807, 2.05) is 32.0 Å². The van der Waals surface area contributed by atoms with Crippen LogP contribution < -0.4 is 9.54 Å². The monoisotopic (exact) mass is 476 g/mol. The molecule has 0 aliphatic carbocycles. The molecule has 0 atom stereocenters. The lowest BCUT2D eigenvalue weighted by atomic mass is 10.2. The Bertz CT molecular complexity index is 1100. The number of amides is 1. The van der Waals surface area contributed by atoms with Crippen molar-refractivity contribution in [2.45, 2.75) is 33.4 Å². The highest BCUT2D eigenvalue weighted by atomic mass is 79.9. The number of thiazole rings is 1. The number of halogens is 1. The van der Waals surface area contributed by atoms with E-state index < -0.39 is 0 Å². The second-order valence-corrected chi connectivity index (χ2v) is 8.42. The summed E-state index contributed by atoms with van der Waals surface area (Å²) in [6.45, 7) is 5.92. The van der Waals surface area contributed by atoms with Gasteiger partial charge in [0.15, 0.2) is 4.80 Å². The van der Waals surface area contributed by atoms with Crippen molar-refractivity contribution in [1.29, 1.82) is 0 Å². The zero-order chi connectivity index (χ0) is 21.0. The zero-order valence-corrected chi connectivity index (χ0v) is 18.7. The largest absolute Gasteiger partial charge is 0.491 e. The van der Waals surface area contributed by atoms with Crippen LogP contribution in [0.5, 0.6) is 5.75 Å². The normalized spacial score (nSPS) is 11.8. The van der Waals surface area contributed by atoms with Crippen LogP contribution in [0.2, 0.25) is 0 Å². The lowest BCUT2D eigenvalue weighted by molar-refractivity contribution is -0.143. The number of hydrogen-bond acceptors (Lipinski definition) is 5. The Labute approximate surface area is 180 Å². The van der Waals surface area contributed by atoms with Gasteiger partial charge in [0.05, 0.1) is 22.9 Å². The first-order chi connectivity index (χ1) is 13.9. The molecule has 0 bridgehead atoms. The maximum absolute atomic E-state index is 12.7. The van der Waals surface area contributed by atoms with E-state index in [1.54, 1.807) is 35.8 Å². The Morgan fingerprint density at radius 3 is 2.55 bits per heavy atom. The standard InChI is InChI=1S/C21H21BrN2O4S/c1-4-27-19(25)12-24-17-10-7-15(22)11-18(17)29-21(24)23-20(26)14-5-8-16(9-6-14)28-13(2)3/h5-11,13H,4,12H2,1-3H3. The van der Waals surface area contributed by atoms with Crippen molar-refractivity contribution in [2.24, 2.45) is 4.99 Å². The lowest BCUT2D eigenvalue weighted by Crippen LogP contribution is -2.23. The minimum atomic E-state index is -0.385. The van der Waals surface area contributed by atoms with Gasteiger partial charge in [-0.05, 0) is 63.2 Å². The molecule has 0 radical (unpaired) electrons. The van der Waals surface area contributed by atoms with E-state index in [-0.39, 0.29) is 24.5 Å². The van der Waals surface area contributed by atoms with Crippen LogP contribution >= 0.6 is 27.3 Å². The minimum absolute atomic E-state index is 0.0112. The fourth-order valence-electron chi connectivity index (χ4n) is 2.72. The van der Waals surface area contributed by atoms with Crippen molar-refractivity contribution >= 4 is 49.4 Å². The van der Waals surface area contributed by atoms with Crippen molar-refractivity contribution in [2.75, 3.05) is 6.61 Å². The van der Waals surface area contributed by atoms with E-state index in [0.717, 1.165) is 14.7 Å². The molecular weight excluding hydrogens is 456 g/mol. The molecule has 0 aliphatic rings. The van der Waals surface area contributed by atoms with Gasteiger partial charge in [-0.25, -0.2) is 0 Å². The molecule has 29 heavy (non-hydrogen) atoms. The molecule has 0 fully saturated rings. The fraction of sp³-hybridized carbons (Fsp3) is 0.286. The van der Waals surface area contributed by atoms with Gasteiger partial charge in [0, 0.05) is 10.0 Å². The molecule has 0 N–H and O–H groups in total. The molecule has 152 valence electrons. The van der Waals surface area contributed by atoms with Gasteiger partial charge in [0.1, 0.15) is 12.3 Å². The second kappa shape index (κ2) is 9.37. The third kappa shape index (κ3) is 5.33. The molecule has 0 unspecified atom stereocenters. The summed E-state index contributed by atoms with van der Waals surface area (Å²) in [7, 11) is 0. The molecule has 0 saturated heterocycles. The Morgan fingerprint density at radius 2 is 1.90 bits per heavy atom. The average Bonchev–Trinajstić information content (AvgIpc) is 2.98. The van der Waals surface area contributed by atoms with E-state index in [1.165, 1.54) is 11.3 Å². The summed E-state index contributed by atoms with van der Waals surface area (Å²) in [4.78, 5) is 29.5. The van der Waals surface area contributed by atoms with E-state index in [0.29, 0.717) is 22.7 Å². The molecule has 8 heteroatoms. The molecule has 6 nitrogen and oxygen atoms in total. The molecule has 3 aromatic rings. The maximum Gasteiger partial charge on any atom is 0.326 e. The van der Waals surface area contributed by atoms with Crippen molar-refractivity contribution in [3.05, 3.63) is 57.3 Å². The van der Waals surface area contributed by atoms with E-state index in [2.05, 4.69) is 20.9 Å². The number of hydrogen-bond donors (Lipinski definition) is 0. The predicted molar refractivity (Wildman–Crippen MR) is 116 cm³/mol. The number of benzene rings is 2. The molecule has 0 saturated carbocycles. The van der Waals surface area contributed by atoms with Crippen LogP contribution in [0, 0.1) is 0 Å². The number of fused-ring (bicyclic) bond motifs is 1. The SMILES string of the molecule is CCOC(=O)Cn1c(=NC(=O)c2ccc(OC(C)C)cc2)sc2cc(Br)ccc21. The van der Waals surface area contributed by atoms with Gasteiger partial charge in [0.25, 0.3) is 5.91 Å². The topological polar surface area (TPSA) is 69.9 Å². The zero-order valence-electron chi connectivity index (χ0n) is 16.3. The number of carbonyl (C=O) groups excluding carboxylic acids is 2. The van der Waals surface area contributed by atoms with Crippen LogP contribution in [0.1, 0.15) is 31.1 Å². The van der Waals surface area contributed by atoms with Gasteiger partial charge in [-0.15, -0.1) is 0 Å². The molecule has 2 aromatic carbocycles. The van der Waals surface area contributed by atoms with Crippen LogP contribution in [0.25, 0.3) is 10.2 Å². The highest BCUT2D eigenvalue weighted by Gasteiger charge is 2.13.